The first-order chi connectivity index (χ1) is 13.5. The Balaban J connectivity index is 1.58. The lowest BCUT2D eigenvalue weighted by molar-refractivity contribution is -0.119. The molecule has 1 amide bonds. The molecule has 0 spiro atoms. The van der Waals surface area contributed by atoms with E-state index in [9.17, 15) is 9.18 Å². The normalized spacial score (nSPS) is 10.2. The van der Waals surface area contributed by atoms with Crippen LogP contribution in [0.3, 0.4) is 0 Å². The molecule has 1 aromatic heterocycles. The summed E-state index contributed by atoms with van der Waals surface area (Å²) >= 11 is 5.08. The van der Waals surface area contributed by atoms with E-state index in [0.29, 0.717) is 11.6 Å². The molecule has 1 heterocycles. The summed E-state index contributed by atoms with van der Waals surface area (Å²) in [5, 5.41) is 5.20. The summed E-state index contributed by atoms with van der Waals surface area (Å²) in [6, 6.07) is 16.6. The van der Waals surface area contributed by atoms with Crippen LogP contribution in [0.2, 0.25) is 0 Å². The Hall–Kier alpha value is -3.52. The van der Waals surface area contributed by atoms with Gasteiger partial charge in [0.15, 0.2) is 5.11 Å². The van der Waals surface area contributed by atoms with Crippen molar-refractivity contribution >= 4 is 34.7 Å². The number of hydrogen-bond acceptors (Lipinski definition) is 5. The van der Waals surface area contributed by atoms with Crippen molar-refractivity contribution in [2.24, 2.45) is 0 Å². The molecular formula is C20H17FN4O2S. The second-order valence-electron chi connectivity index (χ2n) is 5.82. The standard InChI is InChI=1S/C20H17FN4O2S/c21-16-11-14(27-15-8-9-23-18(22)12-15)6-7-17(16)24-20(28)25-19(26)10-13-4-2-1-3-5-13/h1-9,11-12H,10H2,(H2,22,23)(H2,24,25,26,28). The minimum absolute atomic E-state index is 0.00964. The summed E-state index contributed by atoms with van der Waals surface area (Å²) in [5.74, 6) is 0.148. The summed E-state index contributed by atoms with van der Waals surface area (Å²) in [7, 11) is 0. The molecule has 8 heteroatoms. The van der Waals surface area contributed by atoms with E-state index in [1.165, 1.54) is 24.4 Å². The lowest BCUT2D eigenvalue weighted by Crippen LogP contribution is -2.35. The number of rotatable bonds is 5. The number of ether oxygens (including phenoxy) is 1. The number of nitrogens with one attached hydrogen (secondary N) is 2. The number of halogens is 1. The smallest absolute Gasteiger partial charge is 0.230 e. The number of thiocarbonyl (C=S) groups is 1. The number of carbonyl (C=O) groups is 1. The van der Waals surface area contributed by atoms with E-state index in [2.05, 4.69) is 15.6 Å². The Morgan fingerprint density at radius 1 is 1.11 bits per heavy atom. The van der Waals surface area contributed by atoms with Gasteiger partial charge < -0.3 is 21.1 Å². The molecule has 0 radical (unpaired) electrons. The van der Waals surface area contributed by atoms with E-state index in [-0.39, 0.29) is 28.9 Å². The zero-order chi connectivity index (χ0) is 19.9. The van der Waals surface area contributed by atoms with Crippen molar-refractivity contribution in [1.29, 1.82) is 0 Å². The third-order valence-corrected chi connectivity index (χ3v) is 3.84. The quantitative estimate of drug-likeness (QED) is 0.571. The average molecular weight is 396 g/mol. The number of nitrogens with two attached hydrogens (primary N) is 1. The Kier molecular flexibility index (Phi) is 6.13. The molecule has 0 unspecified atom stereocenters. The van der Waals surface area contributed by atoms with Crippen LogP contribution in [-0.2, 0) is 11.2 Å². The third kappa shape index (κ3) is 5.49. The Labute approximate surface area is 166 Å². The van der Waals surface area contributed by atoms with Crippen molar-refractivity contribution in [3.8, 4) is 11.5 Å². The molecule has 142 valence electrons. The molecule has 2 aromatic carbocycles. The lowest BCUT2D eigenvalue weighted by Gasteiger charge is -2.12. The van der Waals surface area contributed by atoms with Gasteiger partial charge in [0.2, 0.25) is 5.91 Å². The SMILES string of the molecule is Nc1cc(Oc2ccc(NC(=S)NC(=O)Cc3ccccc3)c(F)c2)ccn1. The van der Waals surface area contributed by atoms with Gasteiger partial charge in [-0.3, -0.25) is 4.79 Å². The highest BCUT2D eigenvalue weighted by atomic mass is 32.1. The van der Waals surface area contributed by atoms with Crippen LogP contribution in [-0.4, -0.2) is 16.0 Å². The predicted molar refractivity (Wildman–Crippen MR) is 110 cm³/mol. The van der Waals surface area contributed by atoms with Crippen LogP contribution in [0.1, 0.15) is 5.56 Å². The predicted octanol–water partition coefficient (Wildman–Crippen LogP) is 3.65. The van der Waals surface area contributed by atoms with Crippen LogP contribution in [0, 0.1) is 5.82 Å². The molecule has 0 aliphatic heterocycles. The highest BCUT2D eigenvalue weighted by Gasteiger charge is 2.10. The molecule has 0 bridgehead atoms. The minimum Gasteiger partial charge on any atom is -0.457 e. The first kappa shape index (κ1) is 19.2. The molecule has 0 aliphatic rings. The number of anilines is 2. The van der Waals surface area contributed by atoms with E-state index < -0.39 is 5.82 Å². The van der Waals surface area contributed by atoms with Crippen molar-refractivity contribution < 1.29 is 13.9 Å². The fraction of sp³-hybridized carbons (Fsp3) is 0.0500. The number of nitrogen functional groups attached to an aromatic ring is 1. The van der Waals surface area contributed by atoms with Gasteiger partial charge in [0, 0.05) is 18.3 Å². The minimum atomic E-state index is -0.584. The van der Waals surface area contributed by atoms with Crippen molar-refractivity contribution in [2.45, 2.75) is 6.42 Å². The van der Waals surface area contributed by atoms with Gasteiger partial charge >= 0.3 is 0 Å². The summed E-state index contributed by atoms with van der Waals surface area (Å²) in [5.41, 5.74) is 6.56. The summed E-state index contributed by atoms with van der Waals surface area (Å²) < 4.78 is 19.9. The number of pyridine rings is 1. The van der Waals surface area contributed by atoms with Gasteiger partial charge in [-0.05, 0) is 36.0 Å². The Morgan fingerprint density at radius 3 is 2.57 bits per heavy atom. The molecule has 6 nitrogen and oxygen atoms in total. The second kappa shape index (κ2) is 8.92. The maximum Gasteiger partial charge on any atom is 0.230 e. The zero-order valence-corrected chi connectivity index (χ0v) is 15.5. The first-order valence-corrected chi connectivity index (χ1v) is 8.74. The van der Waals surface area contributed by atoms with Gasteiger partial charge in [0.25, 0.3) is 0 Å². The number of amides is 1. The molecule has 0 saturated heterocycles. The highest BCUT2D eigenvalue weighted by Crippen LogP contribution is 2.26. The van der Waals surface area contributed by atoms with Gasteiger partial charge in [-0.2, -0.15) is 0 Å². The molecule has 4 N–H and O–H groups in total. The van der Waals surface area contributed by atoms with E-state index in [4.69, 9.17) is 22.7 Å². The monoisotopic (exact) mass is 396 g/mol. The third-order valence-electron chi connectivity index (χ3n) is 3.64. The molecule has 28 heavy (non-hydrogen) atoms. The summed E-state index contributed by atoms with van der Waals surface area (Å²) in [4.78, 5) is 15.9. The number of carbonyl (C=O) groups excluding carboxylic acids is 1. The maximum atomic E-state index is 14.3. The van der Waals surface area contributed by atoms with Gasteiger partial charge in [-0.25, -0.2) is 9.37 Å². The molecule has 3 rings (SSSR count). The molecule has 3 aromatic rings. The number of benzene rings is 2. The van der Waals surface area contributed by atoms with E-state index >= 15 is 0 Å². The average Bonchev–Trinajstić information content (AvgIpc) is 2.64. The number of nitrogens with zero attached hydrogens (tertiary/aromatic N) is 1. The van der Waals surface area contributed by atoms with Crippen molar-refractivity contribution in [3.05, 3.63) is 78.2 Å². The van der Waals surface area contributed by atoms with Crippen LogP contribution in [0.25, 0.3) is 0 Å². The fourth-order valence-electron chi connectivity index (χ4n) is 2.39. The van der Waals surface area contributed by atoms with Crippen LogP contribution < -0.4 is 21.1 Å². The zero-order valence-electron chi connectivity index (χ0n) is 14.7. The Morgan fingerprint density at radius 2 is 1.86 bits per heavy atom. The van der Waals surface area contributed by atoms with Gasteiger partial charge in [-0.15, -0.1) is 0 Å². The first-order valence-electron chi connectivity index (χ1n) is 8.33. The van der Waals surface area contributed by atoms with E-state index in [1.807, 2.05) is 30.3 Å². The molecule has 0 atom stereocenters. The molecule has 0 aliphatic carbocycles. The highest BCUT2D eigenvalue weighted by molar-refractivity contribution is 7.80. The number of hydrogen-bond donors (Lipinski definition) is 3. The van der Waals surface area contributed by atoms with Gasteiger partial charge in [-0.1, -0.05) is 30.3 Å². The van der Waals surface area contributed by atoms with Gasteiger partial charge in [0.1, 0.15) is 23.1 Å². The van der Waals surface area contributed by atoms with Crippen LogP contribution in [0.15, 0.2) is 66.9 Å². The van der Waals surface area contributed by atoms with Gasteiger partial charge in [0.05, 0.1) is 12.1 Å². The van der Waals surface area contributed by atoms with Crippen LogP contribution in [0.4, 0.5) is 15.9 Å². The molecule has 0 fully saturated rings. The van der Waals surface area contributed by atoms with Crippen LogP contribution >= 0.6 is 12.2 Å². The fourth-order valence-corrected chi connectivity index (χ4v) is 2.62. The summed E-state index contributed by atoms with van der Waals surface area (Å²) in [6.07, 6.45) is 1.67. The molecule has 0 saturated carbocycles. The van der Waals surface area contributed by atoms with Crippen molar-refractivity contribution in [3.63, 3.8) is 0 Å². The topological polar surface area (TPSA) is 89.3 Å². The molecular weight excluding hydrogens is 379 g/mol. The summed E-state index contributed by atoms with van der Waals surface area (Å²) in [6.45, 7) is 0. The second-order valence-corrected chi connectivity index (χ2v) is 6.23. The van der Waals surface area contributed by atoms with Crippen molar-refractivity contribution in [1.82, 2.24) is 10.3 Å². The van der Waals surface area contributed by atoms with E-state index in [1.54, 1.807) is 12.1 Å². The lowest BCUT2D eigenvalue weighted by atomic mass is 10.1. The van der Waals surface area contributed by atoms with Crippen molar-refractivity contribution in [2.75, 3.05) is 11.1 Å². The maximum absolute atomic E-state index is 14.3. The largest absolute Gasteiger partial charge is 0.457 e. The Bertz CT molecular complexity index is 999. The van der Waals surface area contributed by atoms with E-state index in [0.717, 1.165) is 5.56 Å². The number of aromatic nitrogens is 1. The van der Waals surface area contributed by atoms with Crippen LogP contribution in [0.5, 0.6) is 11.5 Å².